The molecule has 0 atom stereocenters. The van der Waals surface area contributed by atoms with E-state index in [2.05, 4.69) is 22.8 Å². The number of nitro groups is 1. The second-order valence-corrected chi connectivity index (χ2v) is 4.59. The molecule has 0 aromatic heterocycles. The second-order valence-electron chi connectivity index (χ2n) is 4.19. The molecule has 0 heterocycles. The summed E-state index contributed by atoms with van der Waals surface area (Å²) in [6.07, 6.45) is 4.87. The summed E-state index contributed by atoms with van der Waals surface area (Å²) in [7, 11) is 0. The molecule has 0 saturated heterocycles. The van der Waals surface area contributed by atoms with E-state index < -0.39 is 4.92 Å². The number of hydrogen-bond donors (Lipinski definition) is 2. The van der Waals surface area contributed by atoms with E-state index in [1.165, 1.54) is 18.3 Å². The van der Waals surface area contributed by atoms with Gasteiger partial charge in [0.2, 0.25) is 0 Å². The molecule has 1 aromatic carbocycles. The zero-order valence-electron chi connectivity index (χ0n) is 11.3. The van der Waals surface area contributed by atoms with E-state index in [-0.39, 0.29) is 5.69 Å². The topological polar surface area (TPSA) is 79.6 Å². The molecular formula is C13H18N4O2S. The maximum absolute atomic E-state index is 10.6. The number of hydrazone groups is 1. The van der Waals surface area contributed by atoms with Crippen LogP contribution in [-0.2, 0) is 0 Å². The molecule has 0 fully saturated rings. The highest BCUT2D eigenvalue weighted by Crippen LogP contribution is 2.11. The van der Waals surface area contributed by atoms with Crippen molar-refractivity contribution in [3.63, 3.8) is 0 Å². The summed E-state index contributed by atoms with van der Waals surface area (Å²) in [5, 5.41) is 18.0. The van der Waals surface area contributed by atoms with E-state index >= 15 is 0 Å². The number of nitro benzene ring substituents is 1. The summed E-state index contributed by atoms with van der Waals surface area (Å²) in [5.41, 5.74) is 3.35. The third-order valence-electron chi connectivity index (χ3n) is 2.53. The first kappa shape index (κ1) is 16.0. The third-order valence-corrected chi connectivity index (χ3v) is 2.76. The molecule has 0 unspecified atom stereocenters. The number of benzene rings is 1. The summed E-state index contributed by atoms with van der Waals surface area (Å²) in [4.78, 5) is 10.2. The van der Waals surface area contributed by atoms with E-state index in [0.717, 1.165) is 25.8 Å². The Bertz CT molecular complexity index is 491. The summed E-state index contributed by atoms with van der Waals surface area (Å²) in [6, 6.07) is 6.23. The van der Waals surface area contributed by atoms with Crippen molar-refractivity contribution >= 4 is 29.2 Å². The fourth-order valence-corrected chi connectivity index (χ4v) is 1.66. The Morgan fingerprint density at radius 1 is 1.50 bits per heavy atom. The van der Waals surface area contributed by atoms with Gasteiger partial charge in [0.25, 0.3) is 5.69 Å². The predicted octanol–water partition coefficient (Wildman–Crippen LogP) is 2.58. The van der Waals surface area contributed by atoms with Gasteiger partial charge in [-0.05, 0) is 18.6 Å². The van der Waals surface area contributed by atoms with Crippen molar-refractivity contribution in [2.24, 2.45) is 5.10 Å². The number of non-ortho nitro benzene ring substituents is 1. The fraction of sp³-hybridized carbons (Fsp3) is 0.385. The van der Waals surface area contributed by atoms with Crippen LogP contribution in [0, 0.1) is 10.1 Å². The van der Waals surface area contributed by atoms with E-state index in [4.69, 9.17) is 12.2 Å². The van der Waals surface area contributed by atoms with E-state index in [0.29, 0.717) is 10.7 Å². The largest absolute Gasteiger partial charge is 0.361 e. The zero-order valence-corrected chi connectivity index (χ0v) is 12.2. The minimum atomic E-state index is -0.440. The van der Waals surface area contributed by atoms with Crippen LogP contribution in [-0.4, -0.2) is 22.8 Å². The molecule has 0 bridgehead atoms. The molecule has 6 nitrogen and oxygen atoms in total. The quantitative estimate of drug-likeness (QED) is 0.266. The number of thiocarbonyl (C=S) groups is 1. The molecule has 7 heteroatoms. The van der Waals surface area contributed by atoms with Crippen LogP contribution in [0.15, 0.2) is 29.4 Å². The predicted molar refractivity (Wildman–Crippen MR) is 84.0 cm³/mol. The van der Waals surface area contributed by atoms with Gasteiger partial charge in [-0.3, -0.25) is 15.5 Å². The van der Waals surface area contributed by atoms with Crippen LogP contribution in [0.5, 0.6) is 0 Å². The highest BCUT2D eigenvalue weighted by molar-refractivity contribution is 7.80. The molecule has 0 aliphatic carbocycles. The first-order valence-electron chi connectivity index (χ1n) is 6.45. The van der Waals surface area contributed by atoms with Crippen LogP contribution in [0.3, 0.4) is 0 Å². The van der Waals surface area contributed by atoms with E-state index in [1.807, 2.05) is 0 Å². The van der Waals surface area contributed by atoms with Crippen LogP contribution in [0.1, 0.15) is 31.7 Å². The van der Waals surface area contributed by atoms with Crippen LogP contribution in [0.25, 0.3) is 0 Å². The van der Waals surface area contributed by atoms with E-state index in [1.54, 1.807) is 12.1 Å². The molecule has 2 N–H and O–H groups in total. The van der Waals surface area contributed by atoms with Crippen LogP contribution in [0.2, 0.25) is 0 Å². The van der Waals surface area contributed by atoms with Gasteiger partial charge in [0, 0.05) is 24.2 Å². The van der Waals surface area contributed by atoms with Crippen LogP contribution in [0.4, 0.5) is 5.69 Å². The lowest BCUT2D eigenvalue weighted by atomic mass is 10.2. The van der Waals surface area contributed by atoms with Gasteiger partial charge < -0.3 is 5.32 Å². The molecule has 0 spiro atoms. The van der Waals surface area contributed by atoms with Gasteiger partial charge >= 0.3 is 0 Å². The Kier molecular flexibility index (Phi) is 7.20. The van der Waals surface area contributed by atoms with Gasteiger partial charge in [-0.15, -0.1) is 0 Å². The number of nitrogens with zero attached hydrogens (tertiary/aromatic N) is 2. The first-order valence-corrected chi connectivity index (χ1v) is 6.85. The molecule has 20 heavy (non-hydrogen) atoms. The number of unbranched alkanes of at least 4 members (excludes halogenated alkanes) is 2. The number of hydrogen-bond acceptors (Lipinski definition) is 4. The molecule has 0 saturated carbocycles. The van der Waals surface area contributed by atoms with Crippen molar-refractivity contribution in [3.05, 3.63) is 39.9 Å². The number of nitrogens with one attached hydrogen (secondary N) is 2. The maximum Gasteiger partial charge on any atom is 0.270 e. The van der Waals surface area contributed by atoms with Gasteiger partial charge in [0.15, 0.2) is 5.11 Å². The Balaban J connectivity index is 2.38. The lowest BCUT2D eigenvalue weighted by Crippen LogP contribution is -2.32. The zero-order chi connectivity index (χ0) is 14.8. The van der Waals surface area contributed by atoms with Crippen molar-refractivity contribution in [1.29, 1.82) is 0 Å². The molecular weight excluding hydrogens is 276 g/mol. The monoisotopic (exact) mass is 294 g/mol. The minimum absolute atomic E-state index is 0.0363. The smallest absolute Gasteiger partial charge is 0.270 e. The Morgan fingerprint density at radius 3 is 3.00 bits per heavy atom. The molecule has 1 rings (SSSR count). The minimum Gasteiger partial charge on any atom is -0.361 e. The van der Waals surface area contributed by atoms with Gasteiger partial charge in [0.1, 0.15) is 0 Å². The van der Waals surface area contributed by atoms with Crippen molar-refractivity contribution in [2.45, 2.75) is 26.2 Å². The molecule has 0 aliphatic rings. The number of rotatable bonds is 7. The average Bonchev–Trinajstić information content (AvgIpc) is 2.44. The SMILES string of the molecule is CCCCCNC(=S)N/N=C\c1cccc([N+](=O)[O-])c1. The molecule has 1 aromatic rings. The van der Waals surface area contributed by atoms with Crippen molar-refractivity contribution in [2.75, 3.05) is 6.54 Å². The van der Waals surface area contributed by atoms with Gasteiger partial charge in [0.05, 0.1) is 11.1 Å². The standard InChI is InChI=1S/C13H18N4O2S/c1-2-3-4-8-14-13(20)16-15-10-11-6-5-7-12(9-11)17(18)19/h5-7,9-10H,2-4,8H2,1H3,(H2,14,16,20)/b15-10-. The Hall–Kier alpha value is -2.02. The Labute approximate surface area is 123 Å². The fourth-order valence-electron chi connectivity index (χ4n) is 1.50. The van der Waals surface area contributed by atoms with Crippen molar-refractivity contribution in [3.8, 4) is 0 Å². The van der Waals surface area contributed by atoms with Crippen molar-refractivity contribution in [1.82, 2.24) is 10.7 Å². The summed E-state index contributed by atoms with van der Waals surface area (Å²) in [5.74, 6) is 0. The van der Waals surface area contributed by atoms with Crippen molar-refractivity contribution < 1.29 is 4.92 Å². The summed E-state index contributed by atoms with van der Waals surface area (Å²) in [6.45, 7) is 2.95. The molecule has 0 aliphatic heterocycles. The second kappa shape index (κ2) is 8.98. The summed E-state index contributed by atoms with van der Waals surface area (Å²) < 4.78 is 0. The average molecular weight is 294 g/mol. The summed E-state index contributed by atoms with van der Waals surface area (Å²) >= 11 is 5.04. The highest BCUT2D eigenvalue weighted by Gasteiger charge is 2.03. The van der Waals surface area contributed by atoms with Crippen LogP contribution < -0.4 is 10.7 Å². The van der Waals surface area contributed by atoms with Gasteiger partial charge in [-0.1, -0.05) is 31.9 Å². The van der Waals surface area contributed by atoms with Gasteiger partial charge in [-0.2, -0.15) is 5.10 Å². The highest BCUT2D eigenvalue weighted by atomic mass is 32.1. The van der Waals surface area contributed by atoms with E-state index in [9.17, 15) is 10.1 Å². The maximum atomic E-state index is 10.6. The lowest BCUT2D eigenvalue weighted by molar-refractivity contribution is -0.384. The molecule has 0 amide bonds. The first-order chi connectivity index (χ1) is 9.63. The molecule has 0 radical (unpaired) electrons. The molecule has 108 valence electrons. The third kappa shape index (κ3) is 6.24. The lowest BCUT2D eigenvalue weighted by Gasteiger charge is -2.05. The normalized spacial score (nSPS) is 10.4. The van der Waals surface area contributed by atoms with Crippen LogP contribution >= 0.6 is 12.2 Å². The van der Waals surface area contributed by atoms with Gasteiger partial charge in [-0.25, -0.2) is 0 Å². The Morgan fingerprint density at radius 2 is 2.30 bits per heavy atom.